The second-order valence-electron chi connectivity index (χ2n) is 6.40. The standard InChI is InChI=1S/C13H24O3Si/c1-15-9-11(14)12-10-7-5-6-8-13(10,12)16-17(2,3)4/h10,12H,5-9H2,1-4H3. The molecular weight excluding hydrogens is 232 g/mol. The van der Waals surface area contributed by atoms with Crippen LogP contribution in [0.4, 0.5) is 0 Å². The minimum absolute atomic E-state index is 0.0989. The summed E-state index contributed by atoms with van der Waals surface area (Å²) >= 11 is 0. The Balaban J connectivity index is 2.10. The average molecular weight is 256 g/mol. The summed E-state index contributed by atoms with van der Waals surface area (Å²) in [6, 6.07) is 0. The first-order valence-electron chi connectivity index (χ1n) is 6.62. The van der Waals surface area contributed by atoms with E-state index in [1.165, 1.54) is 12.8 Å². The highest BCUT2D eigenvalue weighted by atomic mass is 28.4. The molecule has 3 nitrogen and oxygen atoms in total. The van der Waals surface area contributed by atoms with Gasteiger partial charge in [0.1, 0.15) is 6.61 Å². The normalized spacial score (nSPS) is 36.5. The predicted octanol–water partition coefficient (Wildman–Crippen LogP) is 2.61. The molecule has 0 aliphatic heterocycles. The van der Waals surface area contributed by atoms with Crippen molar-refractivity contribution in [2.45, 2.75) is 50.9 Å². The van der Waals surface area contributed by atoms with Crippen LogP contribution in [-0.2, 0) is 14.0 Å². The molecule has 3 unspecified atom stereocenters. The molecule has 0 aromatic carbocycles. The minimum atomic E-state index is -1.58. The maximum Gasteiger partial charge on any atom is 0.184 e. The summed E-state index contributed by atoms with van der Waals surface area (Å²) in [6.07, 6.45) is 4.68. The number of ketones is 1. The summed E-state index contributed by atoms with van der Waals surface area (Å²) in [5.74, 6) is 0.847. The Morgan fingerprint density at radius 1 is 1.35 bits per heavy atom. The van der Waals surface area contributed by atoms with E-state index in [2.05, 4.69) is 19.6 Å². The van der Waals surface area contributed by atoms with Crippen LogP contribution in [0.15, 0.2) is 0 Å². The van der Waals surface area contributed by atoms with Crippen LogP contribution in [0, 0.1) is 11.8 Å². The summed E-state index contributed by atoms with van der Waals surface area (Å²) in [6.45, 7) is 6.88. The van der Waals surface area contributed by atoms with Gasteiger partial charge in [0, 0.05) is 13.0 Å². The highest BCUT2D eigenvalue weighted by molar-refractivity contribution is 6.69. The molecular formula is C13H24O3Si. The lowest BCUT2D eigenvalue weighted by molar-refractivity contribution is -0.125. The van der Waals surface area contributed by atoms with E-state index in [0.29, 0.717) is 5.92 Å². The van der Waals surface area contributed by atoms with Crippen molar-refractivity contribution in [1.29, 1.82) is 0 Å². The smallest absolute Gasteiger partial charge is 0.184 e. The number of Topliss-reactive ketones (excluding diaryl/α,β-unsaturated/α-hetero) is 1. The molecule has 0 heterocycles. The Morgan fingerprint density at radius 3 is 2.65 bits per heavy atom. The Bertz CT molecular complexity index is 310. The van der Waals surface area contributed by atoms with E-state index in [-0.39, 0.29) is 23.9 Å². The van der Waals surface area contributed by atoms with Gasteiger partial charge in [-0.05, 0) is 32.5 Å². The highest BCUT2D eigenvalue weighted by Gasteiger charge is 2.69. The van der Waals surface area contributed by atoms with Gasteiger partial charge in [0.15, 0.2) is 14.1 Å². The molecule has 17 heavy (non-hydrogen) atoms. The fourth-order valence-corrected chi connectivity index (χ4v) is 5.02. The van der Waals surface area contributed by atoms with Crippen molar-refractivity contribution in [3.8, 4) is 0 Å². The van der Waals surface area contributed by atoms with Crippen LogP contribution in [-0.4, -0.2) is 33.4 Å². The van der Waals surface area contributed by atoms with Gasteiger partial charge < -0.3 is 9.16 Å². The molecule has 0 saturated heterocycles. The van der Waals surface area contributed by atoms with E-state index in [0.717, 1.165) is 12.8 Å². The second kappa shape index (κ2) is 4.48. The molecule has 0 bridgehead atoms. The summed E-state index contributed by atoms with van der Waals surface area (Å²) < 4.78 is 11.4. The van der Waals surface area contributed by atoms with Crippen LogP contribution in [0.25, 0.3) is 0 Å². The predicted molar refractivity (Wildman–Crippen MR) is 69.5 cm³/mol. The van der Waals surface area contributed by atoms with Crippen molar-refractivity contribution in [2.75, 3.05) is 13.7 Å². The number of rotatable bonds is 5. The van der Waals surface area contributed by atoms with Gasteiger partial charge in [-0.25, -0.2) is 0 Å². The number of fused-ring (bicyclic) bond motifs is 1. The Kier molecular flexibility index (Phi) is 3.49. The van der Waals surface area contributed by atoms with Crippen LogP contribution in [0.5, 0.6) is 0 Å². The second-order valence-corrected chi connectivity index (χ2v) is 10.8. The molecule has 2 saturated carbocycles. The van der Waals surface area contributed by atoms with Crippen molar-refractivity contribution < 1.29 is 14.0 Å². The van der Waals surface area contributed by atoms with Gasteiger partial charge in [-0.3, -0.25) is 4.79 Å². The molecule has 0 radical (unpaired) electrons. The van der Waals surface area contributed by atoms with Gasteiger partial charge in [-0.1, -0.05) is 12.8 Å². The molecule has 0 amide bonds. The minimum Gasteiger partial charge on any atom is -0.411 e. The van der Waals surface area contributed by atoms with E-state index < -0.39 is 8.32 Å². The van der Waals surface area contributed by atoms with Gasteiger partial charge in [0.2, 0.25) is 0 Å². The number of hydrogen-bond donors (Lipinski definition) is 0. The summed E-state index contributed by atoms with van der Waals surface area (Å²) in [4.78, 5) is 12.1. The molecule has 0 aromatic heterocycles. The van der Waals surface area contributed by atoms with Crippen LogP contribution >= 0.6 is 0 Å². The average Bonchev–Trinajstić information content (AvgIpc) is 2.83. The first-order chi connectivity index (χ1) is 7.91. The van der Waals surface area contributed by atoms with Gasteiger partial charge in [0.05, 0.1) is 11.5 Å². The number of hydrogen-bond acceptors (Lipinski definition) is 3. The summed E-state index contributed by atoms with van der Waals surface area (Å²) in [7, 11) is 0.0143. The SMILES string of the molecule is COCC(=O)C1C2CCCCC21O[Si](C)(C)C. The Labute approximate surface area is 105 Å². The highest BCUT2D eigenvalue weighted by Crippen LogP contribution is 2.62. The largest absolute Gasteiger partial charge is 0.411 e. The molecule has 0 aromatic rings. The topological polar surface area (TPSA) is 35.5 Å². The van der Waals surface area contributed by atoms with E-state index in [9.17, 15) is 4.79 Å². The number of carbonyl (C=O) groups excluding carboxylic acids is 1. The van der Waals surface area contributed by atoms with Gasteiger partial charge >= 0.3 is 0 Å². The summed E-state index contributed by atoms with van der Waals surface area (Å²) in [5.41, 5.74) is -0.0989. The molecule has 2 aliphatic carbocycles. The lowest BCUT2D eigenvalue weighted by atomic mass is 9.98. The number of carbonyl (C=O) groups is 1. The maximum absolute atomic E-state index is 12.1. The molecule has 0 N–H and O–H groups in total. The van der Waals surface area contributed by atoms with Crippen LogP contribution in [0.3, 0.4) is 0 Å². The van der Waals surface area contributed by atoms with Crippen molar-refractivity contribution in [2.24, 2.45) is 11.8 Å². The zero-order valence-electron chi connectivity index (χ0n) is 11.4. The maximum atomic E-state index is 12.1. The van der Waals surface area contributed by atoms with Crippen LogP contribution in [0.1, 0.15) is 25.7 Å². The molecule has 4 heteroatoms. The van der Waals surface area contributed by atoms with Crippen LogP contribution < -0.4 is 0 Å². The van der Waals surface area contributed by atoms with Gasteiger partial charge in [-0.2, -0.15) is 0 Å². The third-order valence-corrected chi connectivity index (χ3v) is 4.90. The molecule has 2 aliphatic rings. The van der Waals surface area contributed by atoms with E-state index in [1.807, 2.05) is 0 Å². The summed E-state index contributed by atoms with van der Waals surface area (Å²) in [5, 5.41) is 0. The van der Waals surface area contributed by atoms with Crippen LogP contribution in [0.2, 0.25) is 19.6 Å². The first kappa shape index (κ1) is 13.2. The van der Waals surface area contributed by atoms with E-state index in [4.69, 9.17) is 9.16 Å². The fourth-order valence-electron chi connectivity index (χ4n) is 3.50. The van der Waals surface area contributed by atoms with Gasteiger partial charge in [0.25, 0.3) is 0 Å². The Hall–Kier alpha value is -0.193. The fraction of sp³-hybridized carbons (Fsp3) is 0.923. The molecule has 2 rings (SSSR count). The third kappa shape index (κ3) is 2.49. The molecule has 3 atom stereocenters. The lowest BCUT2D eigenvalue weighted by Gasteiger charge is -2.30. The monoisotopic (exact) mass is 256 g/mol. The quantitative estimate of drug-likeness (QED) is 0.709. The van der Waals surface area contributed by atoms with E-state index >= 15 is 0 Å². The van der Waals surface area contributed by atoms with Gasteiger partial charge in [-0.15, -0.1) is 0 Å². The van der Waals surface area contributed by atoms with Crippen molar-refractivity contribution >= 4 is 14.1 Å². The van der Waals surface area contributed by atoms with Crippen molar-refractivity contribution in [3.63, 3.8) is 0 Å². The zero-order valence-corrected chi connectivity index (χ0v) is 12.4. The molecule has 98 valence electrons. The van der Waals surface area contributed by atoms with Crippen molar-refractivity contribution in [1.82, 2.24) is 0 Å². The number of methoxy groups -OCH3 is 1. The van der Waals surface area contributed by atoms with E-state index in [1.54, 1.807) is 7.11 Å². The van der Waals surface area contributed by atoms with Crippen molar-refractivity contribution in [3.05, 3.63) is 0 Å². The molecule has 0 spiro atoms. The first-order valence-corrected chi connectivity index (χ1v) is 10.0. The third-order valence-electron chi connectivity index (χ3n) is 3.91. The molecule has 2 fully saturated rings. The Morgan fingerprint density at radius 2 is 2.06 bits per heavy atom. The lowest BCUT2D eigenvalue weighted by Crippen LogP contribution is -2.37. The number of ether oxygens (including phenoxy) is 1. The zero-order chi connectivity index (χ0) is 12.7.